The number of benzene rings is 1. The van der Waals surface area contributed by atoms with Crippen molar-refractivity contribution in [3.63, 3.8) is 0 Å². The van der Waals surface area contributed by atoms with Gasteiger partial charge in [0.15, 0.2) is 0 Å². The number of methoxy groups -OCH3 is 1. The number of hydrogen-bond donors (Lipinski definition) is 2. The Kier molecular flexibility index (Phi) is 6.25. The van der Waals surface area contributed by atoms with Crippen molar-refractivity contribution < 1.29 is 18.7 Å². The molecule has 2 aromatic rings. The van der Waals surface area contributed by atoms with Crippen LogP contribution in [0.3, 0.4) is 0 Å². The van der Waals surface area contributed by atoms with E-state index in [2.05, 4.69) is 10.6 Å². The first-order valence-electron chi connectivity index (χ1n) is 6.93. The van der Waals surface area contributed by atoms with Crippen molar-refractivity contribution in [2.45, 2.75) is 11.0 Å². The van der Waals surface area contributed by atoms with Gasteiger partial charge in [0, 0.05) is 17.7 Å². The summed E-state index contributed by atoms with van der Waals surface area (Å²) in [6.07, 6.45) is 3.02. The second-order valence-corrected chi connectivity index (χ2v) is 5.52. The maximum absolute atomic E-state index is 11.9. The van der Waals surface area contributed by atoms with Crippen molar-refractivity contribution in [3.8, 4) is 0 Å². The van der Waals surface area contributed by atoms with Gasteiger partial charge in [-0.25, -0.2) is 0 Å². The number of furan rings is 1. The minimum absolute atomic E-state index is 0.140. The number of rotatable bonds is 6. The highest BCUT2D eigenvalue weighted by molar-refractivity contribution is 7.98. The van der Waals surface area contributed by atoms with Gasteiger partial charge in [-0.3, -0.25) is 9.59 Å². The molecule has 0 aliphatic rings. The van der Waals surface area contributed by atoms with Crippen molar-refractivity contribution in [1.82, 2.24) is 5.32 Å². The summed E-state index contributed by atoms with van der Waals surface area (Å²) < 4.78 is 10.5. The van der Waals surface area contributed by atoms with Crippen molar-refractivity contribution in [2.75, 3.05) is 25.2 Å². The quantitative estimate of drug-likeness (QED) is 0.626. The zero-order valence-electron chi connectivity index (χ0n) is 12.9. The molecule has 0 bridgehead atoms. The zero-order chi connectivity index (χ0) is 16.7. The summed E-state index contributed by atoms with van der Waals surface area (Å²) in [6, 6.07) is 10.7. The van der Waals surface area contributed by atoms with Crippen molar-refractivity contribution >= 4 is 29.3 Å². The lowest BCUT2D eigenvalue weighted by Gasteiger charge is -2.13. The Morgan fingerprint density at radius 2 is 2.09 bits per heavy atom. The van der Waals surface area contributed by atoms with Crippen LogP contribution in [0, 0.1) is 0 Å². The summed E-state index contributed by atoms with van der Waals surface area (Å²) in [4.78, 5) is 24.8. The van der Waals surface area contributed by atoms with E-state index in [1.54, 1.807) is 36.0 Å². The van der Waals surface area contributed by atoms with E-state index in [9.17, 15) is 9.59 Å². The third kappa shape index (κ3) is 4.87. The number of amides is 2. The van der Waals surface area contributed by atoms with Crippen LogP contribution >= 0.6 is 11.8 Å². The highest BCUT2D eigenvalue weighted by atomic mass is 32.2. The molecule has 0 fully saturated rings. The first-order chi connectivity index (χ1) is 11.1. The fraction of sp³-hybridized carbons (Fsp3) is 0.250. The van der Waals surface area contributed by atoms with Crippen LogP contribution in [0.15, 0.2) is 52.0 Å². The van der Waals surface area contributed by atoms with Gasteiger partial charge in [-0.05, 0) is 36.6 Å². The molecule has 7 heteroatoms. The normalized spacial score (nSPS) is 11.7. The molecule has 1 atom stereocenters. The maximum atomic E-state index is 11.9. The number of ether oxygens (including phenoxy) is 1. The number of thioether (sulfide) groups is 1. The highest BCUT2D eigenvalue weighted by Gasteiger charge is 2.18. The largest absolute Gasteiger partial charge is 0.467 e. The molecule has 0 spiro atoms. The van der Waals surface area contributed by atoms with Crippen LogP contribution in [0.4, 0.5) is 5.69 Å². The topological polar surface area (TPSA) is 80.6 Å². The molecule has 0 saturated heterocycles. The monoisotopic (exact) mass is 334 g/mol. The smallest absolute Gasteiger partial charge is 0.313 e. The van der Waals surface area contributed by atoms with Crippen molar-refractivity contribution in [3.05, 3.63) is 48.4 Å². The molecule has 1 aromatic carbocycles. The third-order valence-electron chi connectivity index (χ3n) is 3.13. The lowest BCUT2D eigenvalue weighted by molar-refractivity contribution is -0.136. The molecule has 0 aliphatic heterocycles. The Hall–Kier alpha value is -2.25. The molecule has 6 nitrogen and oxygen atoms in total. The van der Waals surface area contributed by atoms with Crippen LogP contribution in [0.2, 0.25) is 0 Å². The van der Waals surface area contributed by atoms with Crippen LogP contribution in [-0.2, 0) is 14.3 Å². The van der Waals surface area contributed by atoms with Gasteiger partial charge >= 0.3 is 11.8 Å². The van der Waals surface area contributed by atoms with Gasteiger partial charge in [0.25, 0.3) is 0 Å². The molecular formula is C16H18N2O4S. The zero-order valence-corrected chi connectivity index (χ0v) is 13.7. The molecule has 0 radical (unpaired) electrons. The van der Waals surface area contributed by atoms with E-state index in [4.69, 9.17) is 9.15 Å². The Labute approximate surface area is 138 Å². The standard InChI is InChI=1S/C16H18N2O4S/c1-21-14(13-7-4-8-22-13)10-17-15(19)16(20)18-11-5-3-6-12(9-11)23-2/h3-9,14H,10H2,1-2H3,(H,17,19)(H,18,20)/t14-/m1/s1. The minimum Gasteiger partial charge on any atom is -0.467 e. The van der Waals surface area contributed by atoms with Crippen LogP contribution < -0.4 is 10.6 Å². The summed E-state index contributed by atoms with van der Waals surface area (Å²) in [7, 11) is 1.51. The number of hydrogen-bond acceptors (Lipinski definition) is 5. The number of carbonyl (C=O) groups is 2. The van der Waals surface area contributed by atoms with Crippen molar-refractivity contribution in [1.29, 1.82) is 0 Å². The Balaban J connectivity index is 1.88. The van der Waals surface area contributed by atoms with Crippen LogP contribution in [-0.4, -0.2) is 31.7 Å². The summed E-state index contributed by atoms with van der Waals surface area (Å²) in [6.45, 7) is 0.140. The molecule has 0 aliphatic carbocycles. The number of nitrogens with one attached hydrogen (secondary N) is 2. The highest BCUT2D eigenvalue weighted by Crippen LogP contribution is 2.19. The van der Waals surface area contributed by atoms with E-state index in [1.807, 2.05) is 18.4 Å². The molecule has 0 unspecified atom stereocenters. The van der Waals surface area contributed by atoms with E-state index < -0.39 is 17.9 Å². The molecule has 23 heavy (non-hydrogen) atoms. The summed E-state index contributed by atoms with van der Waals surface area (Å²) >= 11 is 1.56. The number of anilines is 1. The van der Waals surface area contributed by atoms with E-state index in [0.29, 0.717) is 11.4 Å². The molecule has 0 saturated carbocycles. The minimum atomic E-state index is -0.729. The average molecular weight is 334 g/mol. The van der Waals surface area contributed by atoms with Gasteiger partial charge in [-0.1, -0.05) is 6.07 Å². The Morgan fingerprint density at radius 3 is 2.74 bits per heavy atom. The molecule has 2 N–H and O–H groups in total. The van der Waals surface area contributed by atoms with E-state index in [1.165, 1.54) is 13.4 Å². The lowest BCUT2D eigenvalue weighted by Crippen LogP contribution is -2.37. The van der Waals surface area contributed by atoms with Crippen LogP contribution in [0.1, 0.15) is 11.9 Å². The molecular weight excluding hydrogens is 316 g/mol. The van der Waals surface area contributed by atoms with E-state index >= 15 is 0 Å². The molecule has 122 valence electrons. The molecule has 2 rings (SSSR count). The van der Waals surface area contributed by atoms with Gasteiger partial charge in [0.1, 0.15) is 11.9 Å². The first-order valence-corrected chi connectivity index (χ1v) is 8.16. The SMILES string of the molecule is CO[C@H](CNC(=O)C(=O)Nc1cccc(SC)c1)c1ccco1. The fourth-order valence-electron chi connectivity index (χ4n) is 1.93. The maximum Gasteiger partial charge on any atom is 0.313 e. The van der Waals surface area contributed by atoms with Crippen molar-refractivity contribution in [2.24, 2.45) is 0 Å². The predicted molar refractivity (Wildman–Crippen MR) is 88.3 cm³/mol. The first kappa shape index (κ1) is 17.1. The summed E-state index contributed by atoms with van der Waals surface area (Å²) in [5.41, 5.74) is 0.575. The predicted octanol–water partition coefficient (Wildman–Crippen LogP) is 2.44. The molecule has 1 heterocycles. The van der Waals surface area contributed by atoms with Gasteiger partial charge in [-0.15, -0.1) is 11.8 Å². The van der Waals surface area contributed by atoms with Gasteiger partial charge in [0.05, 0.1) is 12.8 Å². The van der Waals surface area contributed by atoms with Crippen LogP contribution in [0.5, 0.6) is 0 Å². The third-order valence-corrected chi connectivity index (χ3v) is 3.85. The second kappa shape index (κ2) is 8.40. The van der Waals surface area contributed by atoms with Crippen LogP contribution in [0.25, 0.3) is 0 Å². The van der Waals surface area contributed by atoms with Gasteiger partial charge < -0.3 is 19.8 Å². The average Bonchev–Trinajstić information content (AvgIpc) is 3.09. The van der Waals surface area contributed by atoms with Gasteiger partial charge in [0.2, 0.25) is 0 Å². The second-order valence-electron chi connectivity index (χ2n) is 4.64. The Morgan fingerprint density at radius 1 is 1.26 bits per heavy atom. The fourth-order valence-corrected chi connectivity index (χ4v) is 2.39. The van der Waals surface area contributed by atoms with E-state index in [-0.39, 0.29) is 6.54 Å². The summed E-state index contributed by atoms with van der Waals surface area (Å²) in [5, 5.41) is 5.09. The number of carbonyl (C=O) groups excluding carboxylic acids is 2. The lowest BCUT2D eigenvalue weighted by atomic mass is 10.2. The van der Waals surface area contributed by atoms with Gasteiger partial charge in [-0.2, -0.15) is 0 Å². The van der Waals surface area contributed by atoms with E-state index in [0.717, 1.165) is 4.90 Å². The Bertz CT molecular complexity index is 658. The summed E-state index contributed by atoms with van der Waals surface area (Å²) in [5.74, 6) is -0.869. The molecule has 2 amide bonds. The molecule has 1 aromatic heterocycles.